The third-order valence-corrected chi connectivity index (χ3v) is 4.21. The van der Waals surface area contributed by atoms with Gasteiger partial charge < -0.3 is 19.8 Å². The topological polar surface area (TPSA) is 63.0 Å². The van der Waals surface area contributed by atoms with Gasteiger partial charge in [0.1, 0.15) is 5.65 Å². The van der Waals surface area contributed by atoms with Crippen molar-refractivity contribution < 1.29 is 4.74 Å². The SMILES string of the molecule is CN=C(NCCCOCC1CC1)NCc1cn2c(C)cccc2n1.I. The number of aliphatic imine (C=N–C) groups is 1. The van der Waals surface area contributed by atoms with E-state index in [9.17, 15) is 0 Å². The highest BCUT2D eigenvalue weighted by Gasteiger charge is 2.20. The van der Waals surface area contributed by atoms with Gasteiger partial charge in [0.05, 0.1) is 12.2 Å². The molecule has 0 saturated heterocycles. The number of guanidine groups is 1. The van der Waals surface area contributed by atoms with Gasteiger partial charge in [0.2, 0.25) is 0 Å². The molecule has 1 saturated carbocycles. The first-order valence-electron chi connectivity index (χ1n) is 8.72. The molecule has 0 bridgehead atoms. The summed E-state index contributed by atoms with van der Waals surface area (Å²) in [5.41, 5.74) is 3.16. The van der Waals surface area contributed by atoms with Crippen molar-refractivity contribution in [2.45, 2.75) is 32.7 Å². The van der Waals surface area contributed by atoms with Crippen molar-refractivity contribution in [3.05, 3.63) is 35.8 Å². The highest BCUT2D eigenvalue weighted by atomic mass is 127. The van der Waals surface area contributed by atoms with Gasteiger partial charge >= 0.3 is 0 Å². The third kappa shape index (κ3) is 6.14. The molecule has 0 atom stereocenters. The van der Waals surface area contributed by atoms with Crippen LogP contribution < -0.4 is 10.6 Å². The zero-order chi connectivity index (χ0) is 16.8. The minimum atomic E-state index is 0. The Bertz CT molecular complexity index is 696. The first-order valence-corrected chi connectivity index (χ1v) is 8.72. The lowest BCUT2D eigenvalue weighted by Crippen LogP contribution is -2.37. The van der Waals surface area contributed by atoms with Crippen LogP contribution in [0.25, 0.3) is 5.65 Å². The van der Waals surface area contributed by atoms with Gasteiger partial charge in [-0.2, -0.15) is 0 Å². The number of halogens is 1. The summed E-state index contributed by atoms with van der Waals surface area (Å²) in [4.78, 5) is 8.87. The van der Waals surface area contributed by atoms with Crippen molar-refractivity contribution in [1.29, 1.82) is 0 Å². The molecule has 7 heteroatoms. The molecule has 2 N–H and O–H groups in total. The zero-order valence-electron chi connectivity index (χ0n) is 15.0. The van der Waals surface area contributed by atoms with Gasteiger partial charge in [0.15, 0.2) is 5.96 Å². The van der Waals surface area contributed by atoms with Gasteiger partial charge in [-0.15, -0.1) is 24.0 Å². The molecule has 2 heterocycles. The maximum Gasteiger partial charge on any atom is 0.191 e. The van der Waals surface area contributed by atoms with Crippen molar-refractivity contribution in [2.75, 3.05) is 26.8 Å². The largest absolute Gasteiger partial charge is 0.381 e. The molecule has 0 aromatic carbocycles. The first kappa shape index (κ1) is 20.0. The summed E-state index contributed by atoms with van der Waals surface area (Å²) in [6, 6.07) is 6.13. The van der Waals surface area contributed by atoms with E-state index in [4.69, 9.17) is 4.74 Å². The van der Waals surface area contributed by atoms with Crippen LogP contribution in [0.3, 0.4) is 0 Å². The van der Waals surface area contributed by atoms with E-state index in [-0.39, 0.29) is 24.0 Å². The Morgan fingerprint density at radius 3 is 2.92 bits per heavy atom. The lowest BCUT2D eigenvalue weighted by atomic mass is 10.4. The van der Waals surface area contributed by atoms with Crippen molar-refractivity contribution >= 4 is 35.6 Å². The van der Waals surface area contributed by atoms with Crippen LogP contribution in [0.5, 0.6) is 0 Å². The van der Waals surface area contributed by atoms with Gasteiger partial charge in [0, 0.05) is 38.7 Å². The number of aryl methyl sites for hydroxylation is 1. The standard InChI is InChI=1S/C18H27N5O.HI/c1-14-5-3-6-17-22-16(12-23(14)17)11-21-18(19-2)20-9-4-10-24-13-15-7-8-15;/h3,5-6,12,15H,4,7-11,13H2,1-2H3,(H2,19,20,21);1H. The van der Waals surface area contributed by atoms with E-state index in [2.05, 4.69) is 44.2 Å². The summed E-state index contributed by atoms with van der Waals surface area (Å²) in [6.07, 6.45) is 5.74. The Labute approximate surface area is 166 Å². The predicted molar refractivity (Wildman–Crippen MR) is 112 cm³/mol. The lowest BCUT2D eigenvalue weighted by Gasteiger charge is -2.11. The number of nitrogens with one attached hydrogen (secondary N) is 2. The molecule has 1 aliphatic carbocycles. The molecule has 6 nitrogen and oxygen atoms in total. The van der Waals surface area contributed by atoms with E-state index in [1.54, 1.807) is 7.05 Å². The molecule has 0 spiro atoms. The highest BCUT2D eigenvalue weighted by molar-refractivity contribution is 14.0. The quantitative estimate of drug-likeness (QED) is 0.277. The fraction of sp³-hybridized carbons (Fsp3) is 0.556. The number of nitrogens with zero attached hydrogens (tertiary/aromatic N) is 3. The van der Waals surface area contributed by atoms with E-state index in [0.717, 1.165) is 49.4 Å². The molecule has 2 aromatic heterocycles. The van der Waals surface area contributed by atoms with Gasteiger partial charge in [-0.1, -0.05) is 6.07 Å². The summed E-state index contributed by atoms with van der Waals surface area (Å²) >= 11 is 0. The van der Waals surface area contributed by atoms with Crippen molar-refractivity contribution in [3.63, 3.8) is 0 Å². The second kappa shape index (κ2) is 9.96. The number of hydrogen-bond donors (Lipinski definition) is 2. The fourth-order valence-electron chi connectivity index (χ4n) is 2.59. The summed E-state index contributed by atoms with van der Waals surface area (Å²) in [6.45, 7) is 5.33. The average Bonchev–Trinajstić information content (AvgIpc) is 3.31. The number of fused-ring (bicyclic) bond motifs is 1. The molecule has 2 aromatic rings. The van der Waals surface area contributed by atoms with Crippen LogP contribution in [0.4, 0.5) is 0 Å². The summed E-state index contributed by atoms with van der Waals surface area (Å²) in [5, 5.41) is 6.62. The van der Waals surface area contributed by atoms with E-state index in [1.165, 1.54) is 18.5 Å². The Morgan fingerprint density at radius 2 is 2.20 bits per heavy atom. The molecule has 0 amide bonds. The Balaban J connectivity index is 0.00000225. The second-order valence-corrected chi connectivity index (χ2v) is 6.35. The highest BCUT2D eigenvalue weighted by Crippen LogP contribution is 2.28. The van der Waals surface area contributed by atoms with Gasteiger partial charge in [0.25, 0.3) is 0 Å². The summed E-state index contributed by atoms with van der Waals surface area (Å²) in [7, 11) is 1.78. The molecular weight excluding hydrogens is 429 g/mol. The predicted octanol–water partition coefficient (Wildman–Crippen LogP) is 2.74. The minimum Gasteiger partial charge on any atom is -0.381 e. The summed E-state index contributed by atoms with van der Waals surface area (Å²) < 4.78 is 7.74. The van der Waals surface area contributed by atoms with Crippen LogP contribution in [-0.2, 0) is 11.3 Å². The number of imidazole rings is 1. The van der Waals surface area contributed by atoms with E-state index in [0.29, 0.717) is 6.54 Å². The molecule has 0 aliphatic heterocycles. The number of ether oxygens (including phenoxy) is 1. The van der Waals surface area contributed by atoms with Crippen LogP contribution in [0, 0.1) is 12.8 Å². The molecule has 3 rings (SSSR count). The Kier molecular flexibility index (Phi) is 7.95. The number of aromatic nitrogens is 2. The van der Waals surface area contributed by atoms with Gasteiger partial charge in [-0.25, -0.2) is 4.98 Å². The van der Waals surface area contributed by atoms with Gasteiger partial charge in [-0.05, 0) is 44.2 Å². The maximum absolute atomic E-state index is 5.63. The van der Waals surface area contributed by atoms with Crippen LogP contribution in [-0.4, -0.2) is 42.2 Å². The molecule has 25 heavy (non-hydrogen) atoms. The monoisotopic (exact) mass is 457 g/mol. The van der Waals surface area contributed by atoms with Crippen LogP contribution in [0.1, 0.15) is 30.7 Å². The maximum atomic E-state index is 5.63. The minimum absolute atomic E-state index is 0. The third-order valence-electron chi connectivity index (χ3n) is 4.21. The Morgan fingerprint density at radius 1 is 1.36 bits per heavy atom. The second-order valence-electron chi connectivity index (χ2n) is 6.35. The molecular formula is C18H28IN5O. The molecule has 138 valence electrons. The smallest absolute Gasteiger partial charge is 0.191 e. The average molecular weight is 457 g/mol. The molecule has 0 unspecified atom stereocenters. The van der Waals surface area contributed by atoms with E-state index >= 15 is 0 Å². The summed E-state index contributed by atoms with van der Waals surface area (Å²) in [5.74, 6) is 1.63. The number of pyridine rings is 1. The fourth-order valence-corrected chi connectivity index (χ4v) is 2.59. The van der Waals surface area contributed by atoms with Crippen molar-refractivity contribution in [2.24, 2.45) is 10.9 Å². The van der Waals surface area contributed by atoms with E-state index in [1.807, 2.05) is 12.1 Å². The normalized spacial score (nSPS) is 14.4. The van der Waals surface area contributed by atoms with Crippen LogP contribution in [0.15, 0.2) is 29.4 Å². The van der Waals surface area contributed by atoms with E-state index < -0.39 is 0 Å². The number of rotatable bonds is 8. The van der Waals surface area contributed by atoms with Gasteiger partial charge in [-0.3, -0.25) is 4.99 Å². The number of hydrogen-bond acceptors (Lipinski definition) is 3. The zero-order valence-corrected chi connectivity index (χ0v) is 17.3. The first-order chi connectivity index (χ1) is 11.8. The molecule has 1 aliphatic rings. The lowest BCUT2D eigenvalue weighted by molar-refractivity contribution is 0.123. The van der Waals surface area contributed by atoms with Crippen LogP contribution in [0.2, 0.25) is 0 Å². The van der Waals surface area contributed by atoms with Crippen molar-refractivity contribution in [3.8, 4) is 0 Å². The molecule has 1 fully saturated rings. The molecule has 0 radical (unpaired) electrons. The Hall–Kier alpha value is -1.35. The van der Waals surface area contributed by atoms with Crippen molar-refractivity contribution in [1.82, 2.24) is 20.0 Å². The van der Waals surface area contributed by atoms with Crippen LogP contribution >= 0.6 is 24.0 Å².